The molecule has 0 nitrogen and oxygen atoms in total. The van der Waals surface area contributed by atoms with Crippen molar-refractivity contribution in [1.29, 1.82) is 1.28 Å². The molecule has 0 amide bonds. The zero-order valence-electron chi connectivity index (χ0n) is 2.91. The fourth-order valence-corrected chi connectivity index (χ4v) is 0. The quantitative estimate of drug-likeness (QED) is 0.384. The lowest BCUT2D eigenvalue weighted by atomic mass is 10.7. The third-order valence-electron chi connectivity index (χ3n) is 0.0452. The highest BCUT2D eigenvalue weighted by molar-refractivity contribution is 9.26. The summed E-state index contributed by atoms with van der Waals surface area (Å²) in [4.78, 5) is 0. The molecular weight excluding hydrogens is 141 g/mol. The van der Waals surface area contributed by atoms with E-state index in [4.69, 9.17) is 1.28 Å². The summed E-state index contributed by atoms with van der Waals surface area (Å²) in [6.07, 6.45) is 0. The van der Waals surface area contributed by atoms with E-state index >= 15 is 0 Å². The lowest BCUT2D eigenvalue weighted by Gasteiger charge is -1.58. The Morgan fingerprint density at radius 3 is 2.75 bits per heavy atom. The number of hydrogen-bond donors (Lipinski definition) is 0. The van der Waals surface area contributed by atoms with Gasteiger partial charge in [-0.15, -0.1) is 0 Å². The molecule has 0 heterocycles. The topological polar surface area (TPSA) is 0 Å². The largest absolute Gasteiger partial charge is 0.268 e. The zero-order valence-corrected chi connectivity index (χ0v) is 4.39. The van der Waals surface area contributed by atoms with E-state index in [9.17, 15) is 4.20 Å². The Hall–Kier alpha value is 0.905. The van der Waals surface area contributed by atoms with Gasteiger partial charge < -0.3 is 0 Å². The first-order valence-electron chi connectivity index (χ1n) is 1.20. The summed E-state index contributed by atoms with van der Waals surface area (Å²) in [5, 5.41) is 0. The first-order chi connectivity index (χ1) is 2.27. The number of hydrogen-bond acceptors (Lipinski definition) is 0. The van der Waals surface area contributed by atoms with Crippen LogP contribution in [0.25, 0.3) is 0 Å². The summed E-state index contributed by atoms with van der Waals surface area (Å²) in [5.41, 5.74) is 0. The van der Waals surface area contributed by atoms with Gasteiger partial charge in [0.2, 0.25) is 0 Å². The molecule has 4 heavy (non-hydrogen) atoms. The Kier molecular flexibility index (Phi) is 3.03. The standard InChI is InChI=1S/BBrFH2P/c2-1-4-3/h1,4H/i4T. The molecule has 1 unspecified atom stereocenters. The van der Waals surface area contributed by atoms with Gasteiger partial charge in [-0.25, -0.2) is 4.20 Å². The molecule has 0 fully saturated rings. The highest BCUT2D eigenvalue weighted by Gasteiger charge is 1.69. The minimum absolute atomic E-state index is 0.183. The van der Waals surface area contributed by atoms with Crippen LogP contribution in [0.5, 0.6) is 0 Å². The molecule has 24 valence electrons. The van der Waals surface area contributed by atoms with Crippen LogP contribution >= 0.6 is 24.5 Å². The summed E-state index contributed by atoms with van der Waals surface area (Å²) >= 11 is 2.78. The van der Waals surface area contributed by atoms with Gasteiger partial charge in [0, 0.05) is 8.72 Å². The summed E-state index contributed by atoms with van der Waals surface area (Å²) in [7, 11) is -1.93. The average molecular weight is 145 g/mol. The molecule has 0 bridgehead atoms. The molecule has 4 heteroatoms. The van der Waals surface area contributed by atoms with Crippen molar-refractivity contribution in [1.82, 2.24) is 0 Å². The van der Waals surface area contributed by atoms with Crippen LogP contribution in [0.3, 0.4) is 0 Å². The lowest BCUT2D eigenvalue weighted by molar-refractivity contribution is 0.935. The van der Waals surface area contributed by atoms with Crippen LogP contribution in [0.4, 0.5) is 4.20 Å². The van der Waals surface area contributed by atoms with Gasteiger partial charge in [0.15, 0.2) is 0 Å². The van der Waals surface area contributed by atoms with Gasteiger partial charge in [0.1, 0.15) is 0 Å². The highest BCUT2D eigenvalue weighted by Crippen LogP contribution is 2.08. The maximum atomic E-state index is 11.1. The third kappa shape index (κ3) is 2.90. The molecule has 1 atom stereocenters. The van der Waals surface area contributed by atoms with E-state index in [1.165, 1.54) is 0 Å². The van der Waals surface area contributed by atoms with Crippen molar-refractivity contribution in [3.8, 4) is 0 Å². The maximum absolute atomic E-state index is 11.1. The first kappa shape index (κ1) is 3.11. The second-order valence-corrected chi connectivity index (χ2v) is 2.22. The van der Waals surface area contributed by atoms with Crippen LogP contribution in [0.2, 0.25) is 0 Å². The fraction of sp³-hybridized carbons (Fsp3) is 0. The zero-order chi connectivity index (χ0) is 4.28. The molecular formula is H2BBrFP. The van der Waals surface area contributed by atoms with E-state index in [0.29, 0.717) is 0 Å². The minimum Gasteiger partial charge on any atom is -0.241 e. The summed E-state index contributed by atoms with van der Waals surface area (Å²) < 4.78 is 17.3. The van der Waals surface area contributed by atoms with Gasteiger partial charge in [-0.2, -0.15) is 15.8 Å². The van der Waals surface area contributed by atoms with Crippen molar-refractivity contribution in [3.05, 3.63) is 0 Å². The Labute approximate surface area is 36.5 Å². The van der Waals surface area contributed by atoms with Crippen molar-refractivity contribution in [3.63, 3.8) is 0 Å². The van der Waals surface area contributed by atoms with Crippen LogP contribution in [-0.2, 0) is 0 Å². The predicted octanol–water partition coefficient (Wildman–Crippen LogP) is 1.21. The summed E-state index contributed by atoms with van der Waals surface area (Å²) in [5.74, 6) is 0.183. The van der Waals surface area contributed by atoms with Crippen LogP contribution < -0.4 is 0 Å². The Balaban J connectivity index is 2.54. The second kappa shape index (κ2) is 3.90. The average Bonchev–Trinajstić information content (AvgIpc) is 1.38. The summed E-state index contributed by atoms with van der Waals surface area (Å²) in [6, 6.07) is 0. The Bertz CT molecular complexity index is 25.6. The number of rotatable bonds is 1. The molecule has 0 spiro atoms. The van der Waals surface area contributed by atoms with Crippen molar-refractivity contribution in [2.45, 2.75) is 0 Å². The van der Waals surface area contributed by atoms with Gasteiger partial charge in [-0.05, 0) is 0 Å². The van der Waals surface area contributed by atoms with E-state index in [1.54, 1.807) is 0 Å². The molecule has 0 N–H and O–H groups in total. The SMILES string of the molecule is [3H]P(F)BBr. The normalized spacial score (nSPS) is 18.0. The van der Waals surface area contributed by atoms with Gasteiger partial charge >= 0.3 is 0 Å². The smallest absolute Gasteiger partial charge is 0.241 e. The van der Waals surface area contributed by atoms with Crippen molar-refractivity contribution >= 4 is 30.3 Å². The van der Waals surface area contributed by atoms with Crippen LogP contribution in [0.1, 0.15) is 0 Å². The first-order valence-corrected chi connectivity index (χ1v) is 2.84. The minimum atomic E-state index is -1.93. The van der Waals surface area contributed by atoms with Gasteiger partial charge in [0.05, 0.1) is 1.28 Å². The molecule has 0 radical (unpaired) electrons. The lowest BCUT2D eigenvalue weighted by Crippen LogP contribution is -1.41. The molecule has 0 saturated heterocycles. The van der Waals surface area contributed by atoms with E-state index in [2.05, 4.69) is 15.8 Å². The van der Waals surface area contributed by atoms with Crippen molar-refractivity contribution in [2.75, 3.05) is 0 Å². The van der Waals surface area contributed by atoms with Gasteiger partial charge in [0.25, 0.3) is 5.82 Å². The van der Waals surface area contributed by atoms with Gasteiger partial charge in [-0.1, -0.05) is 0 Å². The maximum Gasteiger partial charge on any atom is 0.268 e. The van der Waals surface area contributed by atoms with Crippen LogP contribution in [-0.4, -0.2) is 7.10 Å². The molecule has 0 aromatic heterocycles. The fourth-order valence-electron chi connectivity index (χ4n) is 0. The molecule has 0 aliphatic carbocycles. The van der Waals surface area contributed by atoms with Crippen molar-refractivity contribution in [2.24, 2.45) is 0 Å². The third-order valence-corrected chi connectivity index (χ3v) is 0.704. The van der Waals surface area contributed by atoms with E-state index in [1.807, 2.05) is 0 Å². The Morgan fingerprint density at radius 1 is 2.50 bits per heavy atom. The molecule has 0 rings (SSSR count). The van der Waals surface area contributed by atoms with Crippen molar-refractivity contribution < 1.29 is 4.20 Å². The molecule has 0 saturated carbocycles. The predicted molar refractivity (Wildman–Crippen MR) is 25.5 cm³/mol. The monoisotopic (exact) mass is 144 g/mol. The molecule has 0 aliphatic heterocycles. The second-order valence-electron chi connectivity index (χ2n) is 0.239. The highest BCUT2D eigenvalue weighted by atomic mass is 79.9. The number of halogens is 2. The van der Waals surface area contributed by atoms with E-state index in [-0.39, 0.29) is 5.82 Å². The van der Waals surface area contributed by atoms with E-state index < -0.39 is 8.72 Å². The molecule has 0 aliphatic rings. The summed E-state index contributed by atoms with van der Waals surface area (Å²) in [6.45, 7) is 0. The van der Waals surface area contributed by atoms with Crippen LogP contribution in [0, 0.1) is 0 Å². The molecule has 0 aromatic rings. The van der Waals surface area contributed by atoms with E-state index in [0.717, 1.165) is 0 Å². The molecule has 0 aromatic carbocycles. The Morgan fingerprint density at radius 2 is 2.75 bits per heavy atom. The van der Waals surface area contributed by atoms with Crippen LogP contribution in [0.15, 0.2) is 0 Å². The van der Waals surface area contributed by atoms with Gasteiger partial charge in [-0.3, -0.25) is 0 Å².